The first-order chi connectivity index (χ1) is 13.1. The highest BCUT2D eigenvalue weighted by molar-refractivity contribution is 6.38. The van der Waals surface area contributed by atoms with Gasteiger partial charge in [0.15, 0.2) is 5.82 Å². The number of rotatable bonds is 4. The monoisotopic (exact) mass is 400 g/mol. The summed E-state index contributed by atoms with van der Waals surface area (Å²) in [6.07, 6.45) is 6.27. The summed E-state index contributed by atoms with van der Waals surface area (Å²) in [5, 5.41) is 6.00. The van der Waals surface area contributed by atoms with Gasteiger partial charge in [-0.25, -0.2) is 24.9 Å². The van der Waals surface area contributed by atoms with Gasteiger partial charge in [-0.2, -0.15) is 9.78 Å². The Hall–Kier alpha value is -2.84. The van der Waals surface area contributed by atoms with E-state index in [0.717, 1.165) is 5.39 Å². The number of fused-ring (bicyclic) bond motifs is 1. The van der Waals surface area contributed by atoms with Gasteiger partial charge in [0.25, 0.3) is 5.95 Å². The van der Waals surface area contributed by atoms with E-state index in [4.69, 9.17) is 23.2 Å². The van der Waals surface area contributed by atoms with Crippen molar-refractivity contribution >= 4 is 39.9 Å². The van der Waals surface area contributed by atoms with Crippen molar-refractivity contribution in [1.29, 1.82) is 0 Å². The fourth-order valence-electron chi connectivity index (χ4n) is 2.81. The molecular weight excluding hydrogens is 387 g/mol. The Labute approximate surface area is 164 Å². The van der Waals surface area contributed by atoms with Gasteiger partial charge in [0.2, 0.25) is 0 Å². The lowest BCUT2D eigenvalue weighted by Gasteiger charge is -2.26. The quantitative estimate of drug-likeness (QED) is 0.517. The Morgan fingerprint density at radius 3 is 2.56 bits per heavy atom. The third kappa shape index (κ3) is 3.17. The average molecular weight is 401 g/mol. The van der Waals surface area contributed by atoms with Gasteiger partial charge >= 0.3 is 0 Å². The van der Waals surface area contributed by atoms with E-state index in [1.54, 1.807) is 35.3 Å². The topological polar surface area (TPSA) is 85.5 Å². The van der Waals surface area contributed by atoms with Gasteiger partial charge in [-0.3, -0.25) is 0 Å². The second-order valence-corrected chi connectivity index (χ2v) is 6.69. The molecule has 0 radical (unpaired) electrons. The van der Waals surface area contributed by atoms with E-state index in [-0.39, 0.29) is 6.04 Å². The molecular formula is C17H14Cl2N8. The molecule has 136 valence electrons. The van der Waals surface area contributed by atoms with Gasteiger partial charge in [0.1, 0.15) is 18.5 Å². The highest BCUT2D eigenvalue weighted by Gasteiger charge is 2.23. The van der Waals surface area contributed by atoms with Crippen LogP contribution in [-0.4, -0.2) is 41.7 Å². The minimum atomic E-state index is -0.188. The zero-order valence-corrected chi connectivity index (χ0v) is 16.0. The van der Waals surface area contributed by atoms with Crippen molar-refractivity contribution in [3.05, 3.63) is 59.1 Å². The Morgan fingerprint density at radius 1 is 1.00 bits per heavy atom. The van der Waals surface area contributed by atoms with Crippen LogP contribution < -0.4 is 4.90 Å². The smallest absolute Gasteiger partial charge is 0.252 e. The molecule has 0 fully saturated rings. The van der Waals surface area contributed by atoms with E-state index in [9.17, 15) is 0 Å². The minimum absolute atomic E-state index is 0.188. The maximum absolute atomic E-state index is 6.29. The lowest BCUT2D eigenvalue weighted by molar-refractivity contribution is 0.633. The summed E-state index contributed by atoms with van der Waals surface area (Å²) < 4.78 is 1.60. The molecule has 4 rings (SSSR count). The first-order valence-electron chi connectivity index (χ1n) is 8.06. The third-order valence-corrected chi connectivity index (χ3v) is 4.75. The van der Waals surface area contributed by atoms with E-state index in [1.165, 1.54) is 12.7 Å². The molecule has 0 bridgehead atoms. The lowest BCUT2D eigenvalue weighted by Crippen LogP contribution is -2.26. The van der Waals surface area contributed by atoms with E-state index < -0.39 is 0 Å². The summed E-state index contributed by atoms with van der Waals surface area (Å²) in [5.74, 6) is 1.80. The minimum Gasteiger partial charge on any atom is -0.349 e. The summed E-state index contributed by atoms with van der Waals surface area (Å²) in [5.41, 5.74) is 0.637. The predicted octanol–water partition coefficient (Wildman–Crippen LogP) is 3.50. The van der Waals surface area contributed by atoms with Crippen LogP contribution in [-0.2, 0) is 0 Å². The van der Waals surface area contributed by atoms with Gasteiger partial charge in [-0.15, -0.1) is 0 Å². The molecule has 1 atom stereocenters. The molecule has 27 heavy (non-hydrogen) atoms. The van der Waals surface area contributed by atoms with Gasteiger partial charge in [0.05, 0.1) is 16.6 Å². The van der Waals surface area contributed by atoms with E-state index in [0.29, 0.717) is 33.2 Å². The maximum Gasteiger partial charge on any atom is 0.252 e. The first-order valence-corrected chi connectivity index (χ1v) is 8.81. The summed E-state index contributed by atoms with van der Waals surface area (Å²) >= 11 is 12.5. The number of nitrogens with zero attached hydrogens (tertiary/aromatic N) is 8. The molecule has 4 aromatic rings. The first kappa shape index (κ1) is 17.6. The third-order valence-electron chi connectivity index (χ3n) is 4.24. The maximum atomic E-state index is 6.29. The van der Waals surface area contributed by atoms with Crippen molar-refractivity contribution in [3.8, 4) is 5.95 Å². The molecule has 0 spiro atoms. The van der Waals surface area contributed by atoms with Crippen LogP contribution in [0.15, 0.2) is 43.2 Å². The van der Waals surface area contributed by atoms with Crippen LogP contribution in [0, 0.1) is 0 Å². The molecule has 0 saturated heterocycles. The molecule has 1 unspecified atom stereocenters. The number of halogens is 2. The molecule has 0 saturated carbocycles. The van der Waals surface area contributed by atoms with E-state index >= 15 is 0 Å². The molecule has 3 heterocycles. The van der Waals surface area contributed by atoms with Gasteiger partial charge in [0, 0.05) is 29.9 Å². The number of aromatic nitrogens is 7. The van der Waals surface area contributed by atoms with Crippen molar-refractivity contribution in [2.75, 3.05) is 11.9 Å². The second kappa shape index (κ2) is 7.05. The second-order valence-electron chi connectivity index (χ2n) is 5.85. The van der Waals surface area contributed by atoms with Crippen LogP contribution in [0.4, 0.5) is 5.82 Å². The van der Waals surface area contributed by atoms with Crippen molar-refractivity contribution in [3.63, 3.8) is 0 Å². The molecule has 3 aromatic heterocycles. The fourth-order valence-corrected chi connectivity index (χ4v) is 3.35. The average Bonchev–Trinajstić information content (AvgIpc) is 3.17. The van der Waals surface area contributed by atoms with E-state index in [2.05, 4.69) is 30.0 Å². The van der Waals surface area contributed by atoms with Gasteiger partial charge in [-0.05, 0) is 25.1 Å². The highest BCUT2D eigenvalue weighted by atomic mass is 35.5. The molecule has 1 aromatic carbocycles. The van der Waals surface area contributed by atoms with Crippen LogP contribution in [0.1, 0.15) is 18.8 Å². The Balaban J connectivity index is 1.78. The summed E-state index contributed by atoms with van der Waals surface area (Å²) in [7, 11) is 1.91. The zero-order chi connectivity index (χ0) is 19.0. The van der Waals surface area contributed by atoms with Gasteiger partial charge < -0.3 is 4.90 Å². The standard InChI is InChI=1S/C17H14Cl2N8/c1-10(15-24-9-25-27(15)17-20-4-3-5-21-17)26(2)16-12-6-11(18)7-13(19)14(12)22-8-23-16/h3-10H,1-2H3. The molecule has 10 heteroatoms. The predicted molar refractivity (Wildman–Crippen MR) is 103 cm³/mol. The number of anilines is 1. The van der Waals surface area contributed by atoms with Crippen molar-refractivity contribution in [2.45, 2.75) is 13.0 Å². The SMILES string of the molecule is CC(c1ncnn1-c1ncccn1)N(C)c1ncnc2c(Cl)cc(Cl)cc12. The Kier molecular flexibility index (Phi) is 4.59. The normalized spacial score (nSPS) is 12.3. The van der Waals surface area contributed by atoms with Crippen LogP contribution in [0.3, 0.4) is 0 Å². The number of benzene rings is 1. The van der Waals surface area contributed by atoms with E-state index in [1.807, 2.05) is 18.9 Å². The number of hydrogen-bond donors (Lipinski definition) is 0. The summed E-state index contributed by atoms with van der Waals surface area (Å²) in [4.78, 5) is 23.5. The van der Waals surface area contributed by atoms with Crippen LogP contribution >= 0.6 is 23.2 Å². The fraction of sp³-hybridized carbons (Fsp3) is 0.176. The zero-order valence-electron chi connectivity index (χ0n) is 14.5. The summed E-state index contributed by atoms with van der Waals surface area (Å²) in [6, 6.07) is 5.02. The highest BCUT2D eigenvalue weighted by Crippen LogP contribution is 2.33. The summed E-state index contributed by atoms with van der Waals surface area (Å²) in [6.45, 7) is 1.99. The molecule has 0 aliphatic heterocycles. The largest absolute Gasteiger partial charge is 0.349 e. The lowest BCUT2D eigenvalue weighted by atomic mass is 10.2. The molecule has 0 amide bonds. The van der Waals surface area contributed by atoms with Crippen LogP contribution in [0.25, 0.3) is 16.9 Å². The Morgan fingerprint density at radius 2 is 1.78 bits per heavy atom. The molecule has 0 aliphatic rings. The van der Waals surface area contributed by atoms with Crippen molar-refractivity contribution in [1.82, 2.24) is 34.7 Å². The van der Waals surface area contributed by atoms with Crippen molar-refractivity contribution in [2.24, 2.45) is 0 Å². The molecule has 0 aliphatic carbocycles. The number of hydrogen-bond acceptors (Lipinski definition) is 7. The molecule has 0 N–H and O–H groups in total. The van der Waals surface area contributed by atoms with Crippen LogP contribution in [0.5, 0.6) is 0 Å². The Bertz CT molecular complexity index is 1100. The van der Waals surface area contributed by atoms with Crippen LogP contribution in [0.2, 0.25) is 10.0 Å². The van der Waals surface area contributed by atoms with Gasteiger partial charge in [-0.1, -0.05) is 23.2 Å². The van der Waals surface area contributed by atoms with Crippen molar-refractivity contribution < 1.29 is 0 Å². The molecule has 8 nitrogen and oxygen atoms in total.